The van der Waals surface area contributed by atoms with Gasteiger partial charge in [-0.25, -0.2) is 0 Å². The van der Waals surface area contributed by atoms with E-state index in [1.165, 1.54) is 5.56 Å². The standard InChI is InChI=1S/C15H23NO2/c1-3-12-6-5-7-13(10-12)11-15(18)16-9-8-14(17)4-2/h5-7,10,14,17H,3-4,8-9,11H2,1-2H3,(H,16,18). The second-order valence-corrected chi connectivity index (χ2v) is 4.55. The molecule has 1 atom stereocenters. The minimum atomic E-state index is -0.311. The first kappa shape index (κ1) is 14.7. The molecule has 0 spiro atoms. The van der Waals surface area contributed by atoms with Gasteiger partial charge < -0.3 is 10.4 Å². The Bertz CT molecular complexity index is 377. The summed E-state index contributed by atoms with van der Waals surface area (Å²) in [7, 11) is 0. The van der Waals surface area contributed by atoms with E-state index in [1.54, 1.807) is 0 Å². The van der Waals surface area contributed by atoms with E-state index in [0.29, 0.717) is 19.4 Å². The Morgan fingerprint density at radius 3 is 2.72 bits per heavy atom. The maximum absolute atomic E-state index is 11.7. The minimum absolute atomic E-state index is 0.0200. The fourth-order valence-electron chi connectivity index (χ4n) is 1.79. The SMILES string of the molecule is CCc1cccc(CC(=O)NCCC(O)CC)c1. The molecule has 0 aliphatic heterocycles. The van der Waals surface area contributed by atoms with Gasteiger partial charge in [-0.05, 0) is 30.4 Å². The number of aliphatic hydroxyl groups excluding tert-OH is 1. The van der Waals surface area contributed by atoms with Gasteiger partial charge in [0.2, 0.25) is 5.91 Å². The number of carbonyl (C=O) groups excluding carboxylic acids is 1. The summed E-state index contributed by atoms with van der Waals surface area (Å²) in [4.78, 5) is 11.7. The molecule has 2 N–H and O–H groups in total. The number of amides is 1. The van der Waals surface area contributed by atoms with Crippen LogP contribution in [0.3, 0.4) is 0 Å². The van der Waals surface area contributed by atoms with Crippen LogP contribution in [0.25, 0.3) is 0 Å². The number of aryl methyl sites for hydroxylation is 1. The molecule has 0 heterocycles. The van der Waals surface area contributed by atoms with Gasteiger partial charge in [-0.1, -0.05) is 38.1 Å². The van der Waals surface area contributed by atoms with Crippen molar-refractivity contribution in [3.63, 3.8) is 0 Å². The van der Waals surface area contributed by atoms with Gasteiger partial charge in [-0.15, -0.1) is 0 Å². The van der Waals surface area contributed by atoms with Crippen LogP contribution in [0, 0.1) is 0 Å². The maximum atomic E-state index is 11.7. The van der Waals surface area contributed by atoms with E-state index in [0.717, 1.165) is 18.4 Å². The van der Waals surface area contributed by atoms with Crippen molar-refractivity contribution in [2.24, 2.45) is 0 Å². The van der Waals surface area contributed by atoms with Crippen LogP contribution in [-0.4, -0.2) is 23.7 Å². The summed E-state index contributed by atoms with van der Waals surface area (Å²) in [6.45, 7) is 4.58. The lowest BCUT2D eigenvalue weighted by molar-refractivity contribution is -0.120. The van der Waals surface area contributed by atoms with Crippen LogP contribution in [0.15, 0.2) is 24.3 Å². The van der Waals surface area contributed by atoms with Crippen LogP contribution >= 0.6 is 0 Å². The Kier molecular flexibility index (Phi) is 6.44. The molecular formula is C15H23NO2. The van der Waals surface area contributed by atoms with Crippen molar-refractivity contribution in [1.82, 2.24) is 5.32 Å². The summed E-state index contributed by atoms with van der Waals surface area (Å²) in [5.41, 5.74) is 2.30. The average Bonchev–Trinajstić information content (AvgIpc) is 2.38. The Balaban J connectivity index is 2.35. The molecule has 0 saturated heterocycles. The van der Waals surface area contributed by atoms with E-state index in [1.807, 2.05) is 19.1 Å². The lowest BCUT2D eigenvalue weighted by atomic mass is 10.1. The maximum Gasteiger partial charge on any atom is 0.224 e. The fourth-order valence-corrected chi connectivity index (χ4v) is 1.79. The van der Waals surface area contributed by atoms with Crippen LogP contribution in [0.2, 0.25) is 0 Å². The van der Waals surface area contributed by atoms with Crippen LogP contribution in [0.4, 0.5) is 0 Å². The molecule has 0 saturated carbocycles. The van der Waals surface area contributed by atoms with E-state index in [2.05, 4.69) is 24.4 Å². The Morgan fingerprint density at radius 1 is 1.33 bits per heavy atom. The highest BCUT2D eigenvalue weighted by molar-refractivity contribution is 5.78. The quantitative estimate of drug-likeness (QED) is 0.777. The third-order valence-electron chi connectivity index (χ3n) is 3.04. The second kappa shape index (κ2) is 7.88. The molecule has 0 bridgehead atoms. The number of benzene rings is 1. The van der Waals surface area contributed by atoms with Crippen molar-refractivity contribution >= 4 is 5.91 Å². The zero-order valence-corrected chi connectivity index (χ0v) is 11.3. The topological polar surface area (TPSA) is 49.3 Å². The molecule has 3 nitrogen and oxygen atoms in total. The Hall–Kier alpha value is -1.35. The highest BCUT2D eigenvalue weighted by Gasteiger charge is 2.05. The molecule has 0 aromatic heterocycles. The molecule has 0 fully saturated rings. The van der Waals surface area contributed by atoms with Gasteiger partial charge in [0.1, 0.15) is 0 Å². The summed E-state index contributed by atoms with van der Waals surface area (Å²) < 4.78 is 0. The zero-order chi connectivity index (χ0) is 13.4. The van der Waals surface area contributed by atoms with Crippen molar-refractivity contribution in [1.29, 1.82) is 0 Å². The summed E-state index contributed by atoms with van der Waals surface area (Å²) in [6.07, 6.45) is 2.44. The largest absolute Gasteiger partial charge is 0.393 e. The van der Waals surface area contributed by atoms with Crippen molar-refractivity contribution in [3.05, 3.63) is 35.4 Å². The number of carbonyl (C=O) groups is 1. The summed E-state index contributed by atoms with van der Waals surface area (Å²) >= 11 is 0. The molecule has 1 rings (SSSR count). The van der Waals surface area contributed by atoms with Gasteiger partial charge in [0.15, 0.2) is 0 Å². The van der Waals surface area contributed by atoms with Gasteiger partial charge in [0, 0.05) is 6.54 Å². The van der Waals surface area contributed by atoms with Crippen molar-refractivity contribution < 1.29 is 9.90 Å². The number of aliphatic hydroxyl groups is 1. The van der Waals surface area contributed by atoms with E-state index in [4.69, 9.17) is 0 Å². The molecule has 100 valence electrons. The summed E-state index contributed by atoms with van der Waals surface area (Å²) in [5.74, 6) is 0.0200. The Morgan fingerprint density at radius 2 is 2.06 bits per heavy atom. The zero-order valence-electron chi connectivity index (χ0n) is 11.3. The fraction of sp³-hybridized carbons (Fsp3) is 0.533. The van der Waals surface area contributed by atoms with Crippen LogP contribution in [-0.2, 0) is 17.6 Å². The lowest BCUT2D eigenvalue weighted by Crippen LogP contribution is -2.28. The number of nitrogens with one attached hydrogen (secondary N) is 1. The highest BCUT2D eigenvalue weighted by atomic mass is 16.3. The molecule has 3 heteroatoms. The molecule has 1 unspecified atom stereocenters. The van der Waals surface area contributed by atoms with Crippen LogP contribution in [0.1, 0.15) is 37.8 Å². The minimum Gasteiger partial charge on any atom is -0.393 e. The first-order chi connectivity index (χ1) is 8.65. The molecular weight excluding hydrogens is 226 g/mol. The summed E-state index contributed by atoms with van der Waals surface area (Å²) in [5, 5.41) is 12.2. The van der Waals surface area contributed by atoms with Gasteiger partial charge >= 0.3 is 0 Å². The molecule has 0 aliphatic carbocycles. The van der Waals surface area contributed by atoms with E-state index < -0.39 is 0 Å². The first-order valence-corrected chi connectivity index (χ1v) is 6.68. The second-order valence-electron chi connectivity index (χ2n) is 4.55. The Labute approximate surface area is 109 Å². The first-order valence-electron chi connectivity index (χ1n) is 6.68. The van der Waals surface area contributed by atoms with Gasteiger partial charge in [-0.2, -0.15) is 0 Å². The molecule has 1 aromatic rings. The predicted octanol–water partition coefficient (Wildman–Crippen LogP) is 2.07. The molecule has 0 aliphatic rings. The third-order valence-corrected chi connectivity index (χ3v) is 3.04. The molecule has 1 aromatic carbocycles. The number of hydrogen-bond donors (Lipinski definition) is 2. The van der Waals surface area contributed by atoms with Crippen LogP contribution < -0.4 is 5.32 Å². The lowest BCUT2D eigenvalue weighted by Gasteiger charge is -2.09. The number of hydrogen-bond acceptors (Lipinski definition) is 2. The average molecular weight is 249 g/mol. The normalized spacial score (nSPS) is 12.2. The van der Waals surface area contributed by atoms with Gasteiger partial charge in [-0.3, -0.25) is 4.79 Å². The van der Waals surface area contributed by atoms with Crippen molar-refractivity contribution in [2.75, 3.05) is 6.54 Å². The molecule has 18 heavy (non-hydrogen) atoms. The van der Waals surface area contributed by atoms with Gasteiger partial charge in [0.25, 0.3) is 0 Å². The smallest absolute Gasteiger partial charge is 0.224 e. The van der Waals surface area contributed by atoms with Crippen molar-refractivity contribution in [2.45, 2.75) is 45.6 Å². The predicted molar refractivity (Wildman–Crippen MR) is 73.4 cm³/mol. The summed E-state index contributed by atoms with van der Waals surface area (Å²) in [6, 6.07) is 8.10. The van der Waals surface area contributed by atoms with Gasteiger partial charge in [0.05, 0.1) is 12.5 Å². The molecule has 0 radical (unpaired) electrons. The van der Waals surface area contributed by atoms with E-state index in [-0.39, 0.29) is 12.0 Å². The number of rotatable bonds is 7. The third kappa shape index (κ3) is 5.32. The van der Waals surface area contributed by atoms with Crippen LogP contribution in [0.5, 0.6) is 0 Å². The van der Waals surface area contributed by atoms with E-state index >= 15 is 0 Å². The van der Waals surface area contributed by atoms with E-state index in [9.17, 15) is 9.90 Å². The molecule has 1 amide bonds. The van der Waals surface area contributed by atoms with Crippen molar-refractivity contribution in [3.8, 4) is 0 Å². The highest BCUT2D eigenvalue weighted by Crippen LogP contribution is 2.06. The monoisotopic (exact) mass is 249 g/mol.